The Morgan fingerprint density at radius 1 is 1.40 bits per heavy atom. The molecule has 0 aliphatic carbocycles. The van der Waals surface area contributed by atoms with Crippen molar-refractivity contribution < 1.29 is 19.4 Å². The number of esters is 1. The Morgan fingerprint density at radius 3 is 2.92 bits per heavy atom. The van der Waals surface area contributed by atoms with Gasteiger partial charge >= 0.3 is 11.9 Å². The summed E-state index contributed by atoms with van der Waals surface area (Å²) in [6.45, 7) is 3.24. The maximum absolute atomic E-state index is 12.1. The van der Waals surface area contributed by atoms with E-state index in [1.54, 1.807) is 30.4 Å². The summed E-state index contributed by atoms with van der Waals surface area (Å²) in [5.74, 6) is -1.06. The predicted molar refractivity (Wildman–Crippen MR) is 96.1 cm³/mol. The van der Waals surface area contributed by atoms with Crippen molar-refractivity contribution in [3.05, 3.63) is 35.2 Å². The van der Waals surface area contributed by atoms with E-state index in [2.05, 4.69) is 4.98 Å². The molecule has 1 fully saturated rings. The van der Waals surface area contributed by atoms with E-state index in [1.807, 2.05) is 22.4 Å². The minimum Gasteiger partial charge on any atom is -0.478 e. The minimum absolute atomic E-state index is 0.157. The summed E-state index contributed by atoms with van der Waals surface area (Å²) < 4.78 is 5.13. The smallest absolute Gasteiger partial charge is 0.339 e. The molecule has 0 bridgehead atoms. The fraction of sp³-hybridized carbons (Fsp3) is 0.389. The summed E-state index contributed by atoms with van der Waals surface area (Å²) in [4.78, 5) is 31.2. The molecule has 1 N–H and O–H groups in total. The van der Waals surface area contributed by atoms with Gasteiger partial charge in [0.2, 0.25) is 0 Å². The number of carboxylic acid groups (broad SMARTS) is 1. The Balaban J connectivity index is 1.92. The minimum atomic E-state index is -1.02. The van der Waals surface area contributed by atoms with Crippen LogP contribution in [0.15, 0.2) is 29.6 Å². The van der Waals surface area contributed by atoms with Gasteiger partial charge in [-0.2, -0.15) is 0 Å². The van der Waals surface area contributed by atoms with Gasteiger partial charge in [0, 0.05) is 13.1 Å². The second kappa shape index (κ2) is 7.65. The van der Waals surface area contributed by atoms with E-state index in [0.717, 1.165) is 23.4 Å². The number of pyridine rings is 1. The fourth-order valence-corrected chi connectivity index (χ4v) is 3.74. The maximum Gasteiger partial charge on any atom is 0.339 e. The van der Waals surface area contributed by atoms with E-state index >= 15 is 0 Å². The van der Waals surface area contributed by atoms with Crippen LogP contribution in [0.3, 0.4) is 0 Å². The Labute approximate surface area is 150 Å². The Hall–Kier alpha value is -2.41. The molecular weight excluding hydrogens is 340 g/mol. The average molecular weight is 360 g/mol. The highest BCUT2D eigenvalue weighted by Gasteiger charge is 2.29. The van der Waals surface area contributed by atoms with Crippen molar-refractivity contribution in [1.29, 1.82) is 0 Å². The van der Waals surface area contributed by atoms with Crippen molar-refractivity contribution in [2.45, 2.75) is 19.8 Å². The lowest BCUT2D eigenvalue weighted by atomic mass is 9.97. The molecule has 25 heavy (non-hydrogen) atoms. The molecule has 0 aromatic carbocycles. The first-order chi connectivity index (χ1) is 12.1. The first-order valence-electron chi connectivity index (χ1n) is 8.30. The molecule has 0 saturated carbocycles. The number of anilines is 1. The number of ether oxygens (including phenoxy) is 1. The van der Waals surface area contributed by atoms with Gasteiger partial charge in [0.1, 0.15) is 11.4 Å². The van der Waals surface area contributed by atoms with Crippen LogP contribution >= 0.6 is 11.3 Å². The Morgan fingerprint density at radius 2 is 2.24 bits per heavy atom. The van der Waals surface area contributed by atoms with Crippen molar-refractivity contribution in [3.8, 4) is 10.6 Å². The largest absolute Gasteiger partial charge is 0.478 e. The number of aromatic nitrogens is 1. The lowest BCUT2D eigenvalue weighted by molar-refractivity contribution is -0.148. The zero-order valence-electron chi connectivity index (χ0n) is 14.0. The van der Waals surface area contributed by atoms with E-state index < -0.39 is 5.97 Å². The van der Waals surface area contributed by atoms with Gasteiger partial charge in [-0.3, -0.25) is 4.79 Å². The van der Waals surface area contributed by atoms with Gasteiger partial charge < -0.3 is 14.7 Å². The summed E-state index contributed by atoms with van der Waals surface area (Å²) in [5.41, 5.74) is 0.901. The number of piperidine rings is 1. The zero-order chi connectivity index (χ0) is 17.8. The topological polar surface area (TPSA) is 79.7 Å². The van der Waals surface area contributed by atoms with E-state index in [1.165, 1.54) is 0 Å². The summed E-state index contributed by atoms with van der Waals surface area (Å²) in [5, 5.41) is 11.5. The number of hydrogen-bond donors (Lipinski definition) is 1. The quantitative estimate of drug-likeness (QED) is 0.824. The van der Waals surface area contributed by atoms with Crippen LogP contribution in [0.5, 0.6) is 0 Å². The van der Waals surface area contributed by atoms with Crippen LogP contribution in [-0.4, -0.2) is 41.7 Å². The highest BCUT2D eigenvalue weighted by atomic mass is 32.1. The molecule has 3 rings (SSSR count). The average Bonchev–Trinajstić information content (AvgIpc) is 3.16. The van der Waals surface area contributed by atoms with Crippen LogP contribution in [0.1, 0.15) is 30.1 Å². The lowest BCUT2D eigenvalue weighted by Gasteiger charge is -2.33. The second-order valence-electron chi connectivity index (χ2n) is 5.89. The van der Waals surface area contributed by atoms with E-state index in [9.17, 15) is 14.7 Å². The van der Waals surface area contributed by atoms with E-state index in [0.29, 0.717) is 25.5 Å². The molecule has 7 heteroatoms. The Kier molecular flexibility index (Phi) is 5.33. The van der Waals surface area contributed by atoms with Gasteiger partial charge in [-0.15, -0.1) is 11.3 Å². The van der Waals surface area contributed by atoms with Crippen LogP contribution in [0.25, 0.3) is 10.6 Å². The number of carbonyl (C=O) groups excluding carboxylic acids is 1. The summed E-state index contributed by atoms with van der Waals surface area (Å²) >= 11 is 1.56. The molecule has 1 aliphatic heterocycles. The molecule has 132 valence electrons. The monoisotopic (exact) mass is 360 g/mol. The molecule has 0 amide bonds. The summed E-state index contributed by atoms with van der Waals surface area (Å²) in [6.07, 6.45) is 1.55. The van der Waals surface area contributed by atoms with Crippen LogP contribution in [0, 0.1) is 5.92 Å². The van der Waals surface area contributed by atoms with Crippen LogP contribution < -0.4 is 4.90 Å². The second-order valence-corrected chi connectivity index (χ2v) is 6.84. The lowest BCUT2D eigenvalue weighted by Crippen LogP contribution is -2.40. The van der Waals surface area contributed by atoms with Gasteiger partial charge in [0.05, 0.1) is 23.1 Å². The summed E-state index contributed by atoms with van der Waals surface area (Å²) in [7, 11) is 0. The van der Waals surface area contributed by atoms with Crippen LogP contribution in [-0.2, 0) is 9.53 Å². The van der Waals surface area contributed by atoms with Gasteiger partial charge in [0.15, 0.2) is 0 Å². The number of thiophene rings is 1. The molecule has 1 aliphatic rings. The van der Waals surface area contributed by atoms with Crippen molar-refractivity contribution in [1.82, 2.24) is 4.98 Å². The molecule has 0 radical (unpaired) electrons. The van der Waals surface area contributed by atoms with Crippen molar-refractivity contribution in [2.75, 3.05) is 24.6 Å². The third-order valence-electron chi connectivity index (χ3n) is 4.22. The predicted octanol–water partition coefficient (Wildman–Crippen LogP) is 3.29. The van der Waals surface area contributed by atoms with Crippen LogP contribution in [0.2, 0.25) is 0 Å². The molecule has 3 heterocycles. The number of carbonyl (C=O) groups is 2. The van der Waals surface area contributed by atoms with E-state index in [4.69, 9.17) is 4.74 Å². The van der Waals surface area contributed by atoms with Crippen molar-refractivity contribution >= 4 is 29.1 Å². The third-order valence-corrected chi connectivity index (χ3v) is 5.11. The SMILES string of the molecule is CCOC(=O)[C@H]1CCCN(c2nc(-c3cccs3)ccc2C(=O)O)C1. The fourth-order valence-electron chi connectivity index (χ4n) is 3.04. The number of hydrogen-bond acceptors (Lipinski definition) is 6. The molecule has 0 spiro atoms. The first-order valence-corrected chi connectivity index (χ1v) is 9.18. The highest BCUT2D eigenvalue weighted by molar-refractivity contribution is 7.13. The molecule has 2 aromatic rings. The summed E-state index contributed by atoms with van der Waals surface area (Å²) in [6, 6.07) is 7.21. The molecule has 0 unspecified atom stereocenters. The van der Waals surface area contributed by atoms with Gasteiger partial charge in [-0.1, -0.05) is 6.07 Å². The first kappa shape index (κ1) is 17.4. The molecular formula is C18H20N2O4S. The number of rotatable bonds is 5. The normalized spacial score (nSPS) is 17.3. The molecule has 2 aromatic heterocycles. The number of carboxylic acids is 1. The highest BCUT2D eigenvalue weighted by Crippen LogP contribution is 2.30. The Bertz CT molecular complexity index is 760. The van der Waals surface area contributed by atoms with Gasteiger partial charge in [-0.25, -0.2) is 9.78 Å². The van der Waals surface area contributed by atoms with Crippen molar-refractivity contribution in [3.63, 3.8) is 0 Å². The number of nitrogens with zero attached hydrogens (tertiary/aromatic N) is 2. The maximum atomic E-state index is 12.1. The standard InChI is InChI=1S/C18H20N2O4S/c1-2-24-18(23)12-5-3-9-20(11-12)16-13(17(21)22)7-8-14(19-16)15-6-4-10-25-15/h4,6-8,10,12H,2-3,5,9,11H2,1H3,(H,21,22)/t12-/m0/s1. The third kappa shape index (κ3) is 3.82. The number of aromatic carboxylic acids is 1. The van der Waals surface area contributed by atoms with Gasteiger partial charge in [-0.05, 0) is 43.3 Å². The zero-order valence-corrected chi connectivity index (χ0v) is 14.8. The van der Waals surface area contributed by atoms with Gasteiger partial charge in [0.25, 0.3) is 0 Å². The molecule has 1 saturated heterocycles. The molecule has 1 atom stereocenters. The van der Waals surface area contributed by atoms with E-state index in [-0.39, 0.29) is 17.5 Å². The van der Waals surface area contributed by atoms with Crippen molar-refractivity contribution in [2.24, 2.45) is 5.92 Å². The molecule has 6 nitrogen and oxygen atoms in total. The van der Waals surface area contributed by atoms with Crippen LogP contribution in [0.4, 0.5) is 5.82 Å².